The Morgan fingerprint density at radius 3 is 2.35 bits per heavy atom. The lowest BCUT2D eigenvalue weighted by molar-refractivity contribution is -0.129. The Bertz CT molecular complexity index is 500. The maximum atomic E-state index is 10.2. The molecule has 1 saturated heterocycles. The Labute approximate surface area is 124 Å². The van der Waals surface area contributed by atoms with Crippen LogP contribution in [0.2, 0.25) is 5.02 Å². The zero-order chi connectivity index (χ0) is 15.0. The van der Waals surface area contributed by atoms with Crippen LogP contribution >= 0.6 is 11.6 Å². The minimum atomic E-state index is -0.446. The lowest BCUT2D eigenvalue weighted by Crippen LogP contribution is -2.41. The highest BCUT2D eigenvalue weighted by molar-refractivity contribution is 6.62. The highest BCUT2D eigenvalue weighted by Gasteiger charge is 2.51. The van der Waals surface area contributed by atoms with E-state index >= 15 is 0 Å². The van der Waals surface area contributed by atoms with Crippen molar-refractivity contribution in [1.29, 1.82) is 0 Å². The molecule has 0 saturated carbocycles. The summed E-state index contributed by atoms with van der Waals surface area (Å²) in [5.41, 5.74) is 0.829. The molecule has 6 heteroatoms. The van der Waals surface area contributed by atoms with E-state index in [-0.39, 0.29) is 17.8 Å². The second-order valence-electron chi connectivity index (χ2n) is 5.85. The van der Waals surface area contributed by atoms with Gasteiger partial charge in [0.05, 0.1) is 11.2 Å². The molecule has 1 heterocycles. The van der Waals surface area contributed by atoms with Crippen LogP contribution in [0.25, 0.3) is 0 Å². The summed E-state index contributed by atoms with van der Waals surface area (Å²) in [6.45, 7) is 8.56. The van der Waals surface area contributed by atoms with Gasteiger partial charge in [-0.2, -0.15) is 0 Å². The predicted molar refractivity (Wildman–Crippen MR) is 78.0 cm³/mol. The third-order valence-corrected chi connectivity index (χ3v) is 4.26. The average molecular weight is 297 g/mol. The highest BCUT2D eigenvalue weighted by Crippen LogP contribution is 2.36. The summed E-state index contributed by atoms with van der Waals surface area (Å²) in [5, 5.41) is 0.527. The number of carbonyl (C=O) groups excluding carboxylic acids is 1. The van der Waals surface area contributed by atoms with Crippen LogP contribution < -0.4 is 5.46 Å². The number of halogens is 1. The Hall–Kier alpha value is -1.04. The van der Waals surface area contributed by atoms with Crippen molar-refractivity contribution in [3.05, 3.63) is 28.8 Å². The molecule has 1 aromatic rings. The number of rotatable bonds is 4. The second-order valence-corrected chi connectivity index (χ2v) is 6.25. The van der Waals surface area contributed by atoms with E-state index in [4.69, 9.17) is 25.6 Å². The van der Waals surface area contributed by atoms with Gasteiger partial charge in [-0.15, -0.1) is 0 Å². The number of ether oxygens (including phenoxy) is 1. The lowest BCUT2D eigenvalue weighted by Gasteiger charge is -2.32. The SMILES string of the molecule is CC1(C)OB(c2ccc(COC=O)c(Cl)c2)OC1(C)C. The predicted octanol–water partition coefficient (Wildman–Crippen LogP) is 2.31. The van der Waals surface area contributed by atoms with Crippen LogP contribution in [0.3, 0.4) is 0 Å². The van der Waals surface area contributed by atoms with Gasteiger partial charge in [-0.25, -0.2) is 0 Å². The zero-order valence-corrected chi connectivity index (χ0v) is 12.9. The first-order valence-electron chi connectivity index (χ1n) is 6.46. The molecule has 2 rings (SSSR count). The van der Waals surface area contributed by atoms with Crippen LogP contribution in [0, 0.1) is 0 Å². The largest absolute Gasteiger partial charge is 0.494 e. The summed E-state index contributed by atoms with van der Waals surface area (Å²) in [5.74, 6) is 0. The summed E-state index contributed by atoms with van der Waals surface area (Å²) < 4.78 is 16.6. The van der Waals surface area contributed by atoms with Crippen molar-refractivity contribution in [1.82, 2.24) is 0 Å². The quantitative estimate of drug-likeness (QED) is 0.632. The summed E-state index contributed by atoms with van der Waals surface area (Å²) in [7, 11) is -0.446. The standard InChI is InChI=1S/C14H18BClO4/c1-13(2)14(3,4)20-15(19-13)11-6-5-10(8-18-9-17)12(16)7-11/h5-7,9H,8H2,1-4H3. The minimum Gasteiger partial charge on any atom is -0.463 e. The van der Waals surface area contributed by atoms with Gasteiger partial charge in [-0.3, -0.25) is 4.79 Å². The van der Waals surface area contributed by atoms with Crippen LogP contribution in [0.4, 0.5) is 0 Å². The van der Waals surface area contributed by atoms with E-state index < -0.39 is 7.12 Å². The van der Waals surface area contributed by atoms with Crippen molar-refractivity contribution in [2.75, 3.05) is 0 Å². The van der Waals surface area contributed by atoms with Crippen LogP contribution in [0.1, 0.15) is 33.3 Å². The molecule has 0 N–H and O–H groups in total. The molecule has 4 nitrogen and oxygen atoms in total. The van der Waals surface area contributed by atoms with Crippen molar-refractivity contribution < 1.29 is 18.8 Å². The normalized spacial score (nSPS) is 19.9. The van der Waals surface area contributed by atoms with Crippen LogP contribution in [-0.4, -0.2) is 24.8 Å². The number of hydrogen-bond donors (Lipinski definition) is 0. The average Bonchev–Trinajstić information content (AvgIpc) is 2.57. The van der Waals surface area contributed by atoms with Gasteiger partial charge in [0.25, 0.3) is 6.47 Å². The van der Waals surface area contributed by atoms with E-state index in [0.29, 0.717) is 11.5 Å². The molecule has 0 aliphatic carbocycles. The summed E-state index contributed by atoms with van der Waals surface area (Å²) in [6.07, 6.45) is 0. The molecule has 0 bridgehead atoms. The lowest BCUT2D eigenvalue weighted by atomic mass is 9.79. The fraction of sp³-hybridized carbons (Fsp3) is 0.500. The molecule has 1 aliphatic heterocycles. The molecular formula is C14H18BClO4. The fourth-order valence-electron chi connectivity index (χ4n) is 1.93. The maximum Gasteiger partial charge on any atom is 0.494 e. The molecule has 1 fully saturated rings. The molecule has 0 radical (unpaired) electrons. The van der Waals surface area contributed by atoms with Crippen LogP contribution in [-0.2, 0) is 25.4 Å². The topological polar surface area (TPSA) is 44.8 Å². The molecule has 1 aliphatic rings. The number of hydrogen-bond acceptors (Lipinski definition) is 4. The van der Waals surface area contributed by atoms with Gasteiger partial charge in [0.2, 0.25) is 0 Å². The second kappa shape index (κ2) is 5.39. The van der Waals surface area contributed by atoms with Gasteiger partial charge < -0.3 is 14.0 Å². The van der Waals surface area contributed by atoms with Crippen molar-refractivity contribution in [2.24, 2.45) is 0 Å². The van der Waals surface area contributed by atoms with Gasteiger partial charge in [-0.1, -0.05) is 23.7 Å². The Kier molecular flexibility index (Phi) is 4.14. The molecule has 1 aromatic carbocycles. The molecular weight excluding hydrogens is 278 g/mol. The first kappa shape index (κ1) is 15.4. The number of carbonyl (C=O) groups is 1. The fourth-order valence-corrected chi connectivity index (χ4v) is 2.17. The van der Waals surface area contributed by atoms with Crippen LogP contribution in [0.5, 0.6) is 0 Å². The first-order chi connectivity index (χ1) is 9.27. The monoisotopic (exact) mass is 296 g/mol. The van der Waals surface area contributed by atoms with Gasteiger partial charge >= 0.3 is 7.12 Å². The van der Waals surface area contributed by atoms with Gasteiger partial charge in [0.15, 0.2) is 0 Å². The van der Waals surface area contributed by atoms with Crippen molar-refractivity contribution in [3.8, 4) is 0 Å². The van der Waals surface area contributed by atoms with E-state index in [1.165, 1.54) is 0 Å². The highest BCUT2D eigenvalue weighted by atomic mass is 35.5. The zero-order valence-electron chi connectivity index (χ0n) is 12.1. The summed E-state index contributed by atoms with van der Waals surface area (Å²) >= 11 is 6.18. The maximum absolute atomic E-state index is 10.2. The molecule has 108 valence electrons. The molecule has 0 aromatic heterocycles. The Morgan fingerprint density at radius 1 is 1.25 bits per heavy atom. The van der Waals surface area contributed by atoms with Gasteiger partial charge in [0.1, 0.15) is 6.61 Å². The van der Waals surface area contributed by atoms with E-state index in [0.717, 1.165) is 11.0 Å². The molecule has 0 atom stereocenters. The van der Waals surface area contributed by atoms with E-state index in [2.05, 4.69) is 0 Å². The van der Waals surface area contributed by atoms with Crippen LogP contribution in [0.15, 0.2) is 18.2 Å². The summed E-state index contributed by atoms with van der Waals surface area (Å²) in [4.78, 5) is 10.2. The smallest absolute Gasteiger partial charge is 0.463 e. The molecule has 0 amide bonds. The third-order valence-electron chi connectivity index (χ3n) is 3.91. The Balaban J connectivity index is 2.19. The minimum absolute atomic E-state index is 0.159. The molecule has 0 unspecified atom stereocenters. The van der Waals surface area contributed by atoms with E-state index in [1.54, 1.807) is 6.07 Å². The van der Waals surface area contributed by atoms with Crippen molar-refractivity contribution in [3.63, 3.8) is 0 Å². The van der Waals surface area contributed by atoms with Crippen molar-refractivity contribution >= 4 is 30.7 Å². The first-order valence-corrected chi connectivity index (χ1v) is 6.84. The van der Waals surface area contributed by atoms with Crippen molar-refractivity contribution in [2.45, 2.75) is 45.5 Å². The van der Waals surface area contributed by atoms with Gasteiger partial charge in [0, 0.05) is 10.6 Å². The Morgan fingerprint density at radius 2 is 1.85 bits per heavy atom. The third kappa shape index (κ3) is 2.85. The molecule has 20 heavy (non-hydrogen) atoms. The van der Waals surface area contributed by atoms with E-state index in [9.17, 15) is 4.79 Å². The summed E-state index contributed by atoms with van der Waals surface area (Å²) in [6, 6.07) is 5.47. The molecule has 0 spiro atoms. The number of benzene rings is 1. The van der Waals surface area contributed by atoms with E-state index in [1.807, 2.05) is 39.8 Å². The van der Waals surface area contributed by atoms with Gasteiger partial charge in [-0.05, 0) is 39.2 Å².